The molecule has 5 atom stereocenters. The standard InChI is InChI=1S/C38H54O9/c1-40-37(39)38(46-35-24-9-13-28-43-35,47-36-25-10-14-29-44-36)33(45-34-23-8-12-27-42-34)22-6-5-16-30-18-15-19-31(30)17-7-11-26-41-32-20-3-2-4-21-32/h2-7,17,20-22,30-31,34-36H,8-16,18-19,23-29H2,1H3/b6-5+,17-7+,33-22-/t30-,31-,34?,35?,36?,38?/m0/s1. The molecule has 0 aromatic heterocycles. The van der Waals surface area contributed by atoms with Gasteiger partial charge in [-0.2, -0.15) is 0 Å². The number of esters is 1. The van der Waals surface area contributed by atoms with Gasteiger partial charge in [0.15, 0.2) is 24.6 Å². The average Bonchev–Trinajstić information content (AvgIpc) is 3.57. The second-order valence-corrected chi connectivity index (χ2v) is 12.8. The summed E-state index contributed by atoms with van der Waals surface area (Å²) < 4.78 is 48.4. The largest absolute Gasteiger partial charge is 0.493 e. The molecule has 3 saturated heterocycles. The Morgan fingerprint density at radius 1 is 0.809 bits per heavy atom. The first-order valence-electron chi connectivity index (χ1n) is 17.8. The second kappa shape index (κ2) is 19.3. The zero-order valence-electron chi connectivity index (χ0n) is 28.1. The summed E-state index contributed by atoms with van der Waals surface area (Å²) in [6, 6.07) is 9.93. The number of para-hydroxylation sites is 1. The highest BCUT2D eigenvalue weighted by Crippen LogP contribution is 2.37. The zero-order chi connectivity index (χ0) is 32.6. The van der Waals surface area contributed by atoms with Gasteiger partial charge in [0.05, 0.1) is 20.3 Å². The molecule has 1 aromatic rings. The number of hydrogen-bond donors (Lipinski definition) is 0. The van der Waals surface area contributed by atoms with Crippen molar-refractivity contribution in [1.29, 1.82) is 0 Å². The van der Waals surface area contributed by atoms with Crippen LogP contribution in [0.4, 0.5) is 0 Å². The number of carbonyl (C=O) groups excluding carboxylic acids is 1. The number of benzene rings is 1. The van der Waals surface area contributed by atoms with Crippen molar-refractivity contribution in [2.75, 3.05) is 33.5 Å². The van der Waals surface area contributed by atoms with Crippen molar-refractivity contribution in [1.82, 2.24) is 0 Å². The summed E-state index contributed by atoms with van der Waals surface area (Å²) in [6.07, 6.45) is 21.6. The molecule has 0 amide bonds. The summed E-state index contributed by atoms with van der Waals surface area (Å²) in [5.41, 5.74) is 0. The predicted molar refractivity (Wildman–Crippen MR) is 177 cm³/mol. The van der Waals surface area contributed by atoms with Crippen LogP contribution in [0.5, 0.6) is 5.75 Å². The maximum atomic E-state index is 13.8. The van der Waals surface area contributed by atoms with Crippen molar-refractivity contribution in [3.63, 3.8) is 0 Å². The van der Waals surface area contributed by atoms with Crippen LogP contribution in [0.15, 0.2) is 66.5 Å². The van der Waals surface area contributed by atoms with Crippen LogP contribution in [0.1, 0.15) is 89.9 Å². The second-order valence-electron chi connectivity index (χ2n) is 12.8. The van der Waals surface area contributed by atoms with Crippen LogP contribution in [0, 0.1) is 11.8 Å². The average molecular weight is 655 g/mol. The van der Waals surface area contributed by atoms with Crippen LogP contribution in [0.3, 0.4) is 0 Å². The van der Waals surface area contributed by atoms with E-state index in [-0.39, 0.29) is 5.76 Å². The Morgan fingerprint density at radius 2 is 1.47 bits per heavy atom. The summed E-state index contributed by atoms with van der Waals surface area (Å²) in [5.74, 6) is -0.559. The number of methoxy groups -OCH3 is 1. The topological polar surface area (TPSA) is 90.9 Å². The lowest BCUT2D eigenvalue weighted by molar-refractivity contribution is -0.351. The summed E-state index contributed by atoms with van der Waals surface area (Å²) in [7, 11) is 1.33. The molecule has 260 valence electrons. The van der Waals surface area contributed by atoms with E-state index in [1.54, 1.807) is 6.08 Å². The maximum Gasteiger partial charge on any atom is 0.375 e. The summed E-state index contributed by atoms with van der Waals surface area (Å²) in [4.78, 5) is 13.8. The van der Waals surface area contributed by atoms with Crippen molar-refractivity contribution in [2.24, 2.45) is 11.8 Å². The SMILES string of the molecule is COC(=O)C(OC1CCCCO1)(OC1CCCCO1)/C(=C/C=C/C[C@H]1CCC[C@@H]1/C=C/CCOc1ccccc1)OC1CCCCO1. The Balaban J connectivity index is 1.30. The Bertz CT molecular complexity index is 1110. The number of hydrogen-bond acceptors (Lipinski definition) is 9. The monoisotopic (exact) mass is 654 g/mol. The molecule has 9 nitrogen and oxygen atoms in total. The van der Waals surface area contributed by atoms with E-state index >= 15 is 0 Å². The van der Waals surface area contributed by atoms with E-state index in [4.69, 9.17) is 37.9 Å². The van der Waals surface area contributed by atoms with Gasteiger partial charge in [0.2, 0.25) is 0 Å². The minimum absolute atomic E-state index is 0.192. The lowest BCUT2D eigenvalue weighted by Gasteiger charge is -2.40. The molecular weight excluding hydrogens is 600 g/mol. The van der Waals surface area contributed by atoms with Crippen LogP contribution >= 0.6 is 0 Å². The highest BCUT2D eigenvalue weighted by Gasteiger charge is 2.53. The molecule has 1 aliphatic carbocycles. The molecule has 47 heavy (non-hydrogen) atoms. The first-order valence-corrected chi connectivity index (χ1v) is 17.8. The van der Waals surface area contributed by atoms with Crippen LogP contribution in [0.25, 0.3) is 0 Å². The first-order chi connectivity index (χ1) is 23.2. The molecule has 5 rings (SSSR count). The van der Waals surface area contributed by atoms with Gasteiger partial charge in [0.25, 0.3) is 0 Å². The van der Waals surface area contributed by atoms with Gasteiger partial charge in [0, 0.05) is 19.6 Å². The minimum Gasteiger partial charge on any atom is -0.493 e. The van der Waals surface area contributed by atoms with E-state index in [1.807, 2.05) is 36.4 Å². The van der Waals surface area contributed by atoms with Gasteiger partial charge in [-0.25, -0.2) is 4.79 Å². The molecule has 0 bridgehead atoms. The Labute approximate surface area is 280 Å². The van der Waals surface area contributed by atoms with Gasteiger partial charge < -0.3 is 37.9 Å². The van der Waals surface area contributed by atoms with Gasteiger partial charge in [0.1, 0.15) is 5.75 Å². The smallest absolute Gasteiger partial charge is 0.375 e. The highest BCUT2D eigenvalue weighted by molar-refractivity contribution is 5.81. The quantitative estimate of drug-likeness (QED) is 0.0443. The molecule has 9 heteroatoms. The van der Waals surface area contributed by atoms with Crippen molar-refractivity contribution >= 4 is 5.97 Å². The molecule has 3 unspecified atom stereocenters. The van der Waals surface area contributed by atoms with E-state index in [0.717, 1.165) is 57.1 Å². The van der Waals surface area contributed by atoms with Gasteiger partial charge in [-0.3, -0.25) is 0 Å². The van der Waals surface area contributed by atoms with E-state index in [1.165, 1.54) is 26.4 Å². The van der Waals surface area contributed by atoms with Crippen LogP contribution in [-0.4, -0.2) is 64.2 Å². The van der Waals surface area contributed by atoms with Gasteiger partial charge >= 0.3 is 11.8 Å². The lowest BCUT2D eigenvalue weighted by atomic mass is 9.92. The first kappa shape index (κ1) is 35.6. The molecule has 0 spiro atoms. The van der Waals surface area contributed by atoms with Gasteiger partial charge in [-0.15, -0.1) is 0 Å². The van der Waals surface area contributed by atoms with Crippen LogP contribution in [-0.2, 0) is 38.0 Å². The van der Waals surface area contributed by atoms with Crippen molar-refractivity contribution in [3.05, 3.63) is 66.5 Å². The fraction of sp³-hybridized carbons (Fsp3) is 0.658. The fourth-order valence-electron chi connectivity index (χ4n) is 6.68. The van der Waals surface area contributed by atoms with E-state index < -0.39 is 30.6 Å². The van der Waals surface area contributed by atoms with Gasteiger partial charge in [-0.05, 0) is 107 Å². The third-order valence-corrected chi connectivity index (χ3v) is 9.27. The molecule has 4 fully saturated rings. The predicted octanol–water partition coefficient (Wildman–Crippen LogP) is 7.76. The van der Waals surface area contributed by atoms with Crippen LogP contribution < -0.4 is 4.74 Å². The van der Waals surface area contributed by atoms with Crippen molar-refractivity contribution in [2.45, 2.75) is 115 Å². The van der Waals surface area contributed by atoms with Crippen molar-refractivity contribution < 1.29 is 42.7 Å². The number of rotatable bonds is 16. The normalized spacial score (nSPS) is 28.7. The molecule has 0 N–H and O–H groups in total. The third kappa shape index (κ3) is 10.9. The summed E-state index contributed by atoms with van der Waals surface area (Å²) in [5, 5.41) is 0. The number of ether oxygens (including phenoxy) is 8. The summed E-state index contributed by atoms with van der Waals surface area (Å²) in [6.45, 7) is 2.35. The Morgan fingerprint density at radius 3 is 2.09 bits per heavy atom. The molecule has 1 saturated carbocycles. The zero-order valence-corrected chi connectivity index (χ0v) is 28.1. The van der Waals surface area contributed by atoms with Crippen LogP contribution in [0.2, 0.25) is 0 Å². The number of allylic oxidation sites excluding steroid dienone is 4. The molecule has 3 aliphatic heterocycles. The van der Waals surface area contributed by atoms with E-state index in [9.17, 15) is 4.79 Å². The molecule has 0 radical (unpaired) electrons. The number of carbonyl (C=O) groups is 1. The lowest BCUT2D eigenvalue weighted by Crippen LogP contribution is -2.54. The minimum atomic E-state index is -2.01. The maximum absolute atomic E-state index is 13.8. The van der Waals surface area contributed by atoms with E-state index in [0.29, 0.717) is 57.5 Å². The van der Waals surface area contributed by atoms with Crippen molar-refractivity contribution in [3.8, 4) is 5.75 Å². The molecule has 1 aromatic carbocycles. The fourth-order valence-corrected chi connectivity index (χ4v) is 6.68. The van der Waals surface area contributed by atoms with E-state index in [2.05, 4.69) is 18.2 Å². The Hall–Kier alpha value is -2.69. The summed E-state index contributed by atoms with van der Waals surface area (Å²) >= 11 is 0. The Kier molecular flexibility index (Phi) is 14.7. The molecule has 3 heterocycles. The van der Waals surface area contributed by atoms with Gasteiger partial charge in [-0.1, -0.05) is 48.9 Å². The molecule has 4 aliphatic rings. The third-order valence-electron chi connectivity index (χ3n) is 9.27. The molecular formula is C38H54O9. The highest BCUT2D eigenvalue weighted by atomic mass is 16.8.